The third-order valence-corrected chi connectivity index (χ3v) is 6.70. The van der Waals surface area contributed by atoms with Gasteiger partial charge in [0, 0.05) is 16.7 Å². The van der Waals surface area contributed by atoms with E-state index in [-0.39, 0.29) is 16.9 Å². The van der Waals surface area contributed by atoms with Gasteiger partial charge in [-0.25, -0.2) is 13.2 Å². The number of aryl methyl sites for hydroxylation is 2. The van der Waals surface area contributed by atoms with E-state index in [0.717, 1.165) is 49.7 Å². The minimum absolute atomic E-state index is 0.212. The second kappa shape index (κ2) is 12.6. The summed E-state index contributed by atoms with van der Waals surface area (Å²) in [6.07, 6.45) is 9.80. The van der Waals surface area contributed by atoms with Crippen molar-refractivity contribution in [1.82, 2.24) is 0 Å². The average Bonchev–Trinajstić information content (AvgIpc) is 2.91. The van der Waals surface area contributed by atoms with E-state index in [0.29, 0.717) is 16.7 Å². The van der Waals surface area contributed by atoms with Gasteiger partial charge in [0.15, 0.2) is 11.6 Å². The maximum Gasteiger partial charge on any atom is 0.167 e. The lowest BCUT2D eigenvalue weighted by Crippen LogP contribution is -1.94. The van der Waals surface area contributed by atoms with Crippen LogP contribution >= 0.6 is 0 Å². The van der Waals surface area contributed by atoms with Crippen LogP contribution in [-0.2, 0) is 12.8 Å². The quantitative estimate of drug-likeness (QED) is 0.151. The Kier molecular flexibility index (Phi) is 9.00. The maximum atomic E-state index is 15.0. The summed E-state index contributed by atoms with van der Waals surface area (Å²) in [5, 5.41) is 0. The topological polar surface area (TPSA) is 0 Å². The molecule has 0 fully saturated rings. The van der Waals surface area contributed by atoms with E-state index in [1.807, 2.05) is 48.5 Å². The summed E-state index contributed by atoms with van der Waals surface area (Å²) in [6.45, 7) is 4.26. The summed E-state index contributed by atoms with van der Waals surface area (Å²) in [5.41, 5.74) is 5.27. The minimum atomic E-state index is -0.862. The fraction of sp³-hybridized carbons (Fsp3) is 0.235. The van der Waals surface area contributed by atoms with Crippen LogP contribution in [0, 0.1) is 17.5 Å². The monoisotopic (exact) mass is 498 g/mol. The van der Waals surface area contributed by atoms with Crippen molar-refractivity contribution >= 4 is 12.2 Å². The molecule has 0 aliphatic rings. The van der Waals surface area contributed by atoms with Crippen LogP contribution in [0.4, 0.5) is 13.2 Å². The zero-order valence-electron chi connectivity index (χ0n) is 21.5. The van der Waals surface area contributed by atoms with E-state index in [2.05, 4.69) is 13.8 Å². The molecule has 0 unspecified atom stereocenters. The van der Waals surface area contributed by atoms with Crippen LogP contribution in [0.15, 0.2) is 78.9 Å². The van der Waals surface area contributed by atoms with Crippen molar-refractivity contribution < 1.29 is 13.2 Å². The number of unbranched alkanes of at least 4 members (excludes halogenated alkanes) is 2. The van der Waals surface area contributed by atoms with Crippen molar-refractivity contribution in [2.45, 2.75) is 52.4 Å². The second-order valence-corrected chi connectivity index (χ2v) is 9.50. The van der Waals surface area contributed by atoms with E-state index in [1.54, 1.807) is 42.5 Å². The van der Waals surface area contributed by atoms with Crippen LogP contribution in [0.2, 0.25) is 0 Å². The first-order valence-electron chi connectivity index (χ1n) is 13.1. The van der Waals surface area contributed by atoms with Crippen LogP contribution in [0.3, 0.4) is 0 Å². The van der Waals surface area contributed by atoms with Gasteiger partial charge in [0.05, 0.1) is 0 Å². The molecule has 190 valence electrons. The van der Waals surface area contributed by atoms with Crippen molar-refractivity contribution in [3.8, 4) is 22.3 Å². The van der Waals surface area contributed by atoms with Crippen LogP contribution in [0.5, 0.6) is 0 Å². The fourth-order valence-electron chi connectivity index (χ4n) is 4.54. The molecule has 3 heteroatoms. The smallest absolute Gasteiger partial charge is 0.167 e. The van der Waals surface area contributed by atoms with Crippen molar-refractivity contribution in [3.05, 3.63) is 119 Å². The third kappa shape index (κ3) is 6.60. The van der Waals surface area contributed by atoms with Crippen LogP contribution in [-0.4, -0.2) is 0 Å². The average molecular weight is 499 g/mol. The highest BCUT2D eigenvalue weighted by Crippen LogP contribution is 2.32. The molecule has 4 aromatic rings. The van der Waals surface area contributed by atoms with E-state index >= 15 is 8.78 Å². The molecule has 0 atom stereocenters. The molecule has 0 heterocycles. The summed E-state index contributed by atoms with van der Waals surface area (Å²) in [5.74, 6) is -1.95. The van der Waals surface area contributed by atoms with Crippen molar-refractivity contribution in [2.75, 3.05) is 0 Å². The number of hydrogen-bond acceptors (Lipinski definition) is 0. The molecular formula is C34H33F3. The Morgan fingerprint density at radius 1 is 0.568 bits per heavy atom. The Bertz CT molecular complexity index is 1350. The molecule has 4 aromatic carbocycles. The number of hydrogen-bond donors (Lipinski definition) is 0. The number of halogens is 3. The summed E-state index contributed by atoms with van der Waals surface area (Å²) < 4.78 is 44.6. The third-order valence-electron chi connectivity index (χ3n) is 6.70. The van der Waals surface area contributed by atoms with Gasteiger partial charge in [-0.15, -0.1) is 0 Å². The van der Waals surface area contributed by atoms with E-state index < -0.39 is 11.6 Å². The number of rotatable bonds is 10. The molecule has 4 rings (SSSR count). The van der Waals surface area contributed by atoms with Gasteiger partial charge < -0.3 is 0 Å². The molecule has 0 aliphatic heterocycles. The highest BCUT2D eigenvalue weighted by atomic mass is 19.2. The predicted molar refractivity (Wildman–Crippen MR) is 150 cm³/mol. The Balaban J connectivity index is 1.48. The van der Waals surface area contributed by atoms with Gasteiger partial charge in [0.2, 0.25) is 0 Å². The Hall–Kier alpha value is -3.59. The SMILES string of the molecule is CCCCCc1ccc(/C=C/c2ccc(-c3ccc(-c4ccc(CCC)cc4)c(F)c3F)cc2)c(F)c1. The Morgan fingerprint density at radius 2 is 1.16 bits per heavy atom. The molecule has 0 radical (unpaired) electrons. The largest absolute Gasteiger partial charge is 0.206 e. The minimum Gasteiger partial charge on any atom is -0.206 e. The zero-order chi connectivity index (χ0) is 26.2. The Morgan fingerprint density at radius 3 is 1.73 bits per heavy atom. The zero-order valence-corrected chi connectivity index (χ0v) is 21.5. The molecule has 0 N–H and O–H groups in total. The molecule has 0 bridgehead atoms. The Labute approximate surface area is 218 Å². The van der Waals surface area contributed by atoms with Gasteiger partial charge >= 0.3 is 0 Å². The number of benzene rings is 4. The summed E-state index contributed by atoms with van der Waals surface area (Å²) in [7, 11) is 0. The van der Waals surface area contributed by atoms with Gasteiger partial charge in [-0.1, -0.05) is 118 Å². The molecule has 0 aromatic heterocycles. The summed E-state index contributed by atoms with van der Waals surface area (Å²) in [6, 6.07) is 23.4. The van der Waals surface area contributed by atoms with E-state index in [9.17, 15) is 4.39 Å². The first kappa shape index (κ1) is 26.5. The normalized spacial score (nSPS) is 11.4. The summed E-state index contributed by atoms with van der Waals surface area (Å²) >= 11 is 0. The standard InChI is InChI=1S/C34H33F3/c1-3-5-6-8-26-14-20-29(32(35)23-26)19-13-25-11-17-28(18-12-25)31-22-21-30(33(36)34(31)37)27-15-9-24(7-4-2)10-16-27/h9-23H,3-8H2,1-2H3/b19-13+. The lowest BCUT2D eigenvalue weighted by atomic mass is 9.97. The lowest BCUT2D eigenvalue weighted by Gasteiger charge is -2.10. The maximum absolute atomic E-state index is 15.0. The molecule has 0 amide bonds. The highest BCUT2D eigenvalue weighted by molar-refractivity contribution is 5.74. The highest BCUT2D eigenvalue weighted by Gasteiger charge is 2.16. The molecule has 0 spiro atoms. The molecular weight excluding hydrogens is 465 g/mol. The van der Waals surface area contributed by atoms with Gasteiger partial charge in [-0.3, -0.25) is 0 Å². The van der Waals surface area contributed by atoms with Crippen LogP contribution < -0.4 is 0 Å². The predicted octanol–water partition coefficient (Wildman–Crippen LogP) is 10.3. The molecule has 0 nitrogen and oxygen atoms in total. The van der Waals surface area contributed by atoms with Crippen molar-refractivity contribution in [2.24, 2.45) is 0 Å². The van der Waals surface area contributed by atoms with Crippen LogP contribution in [0.1, 0.15) is 61.8 Å². The van der Waals surface area contributed by atoms with Gasteiger partial charge in [0.1, 0.15) is 5.82 Å². The van der Waals surface area contributed by atoms with Crippen molar-refractivity contribution in [3.63, 3.8) is 0 Å². The molecule has 0 aliphatic carbocycles. The van der Waals surface area contributed by atoms with Gasteiger partial charge in [-0.2, -0.15) is 0 Å². The van der Waals surface area contributed by atoms with E-state index in [1.165, 1.54) is 5.56 Å². The molecule has 0 saturated carbocycles. The fourth-order valence-corrected chi connectivity index (χ4v) is 4.54. The van der Waals surface area contributed by atoms with Crippen LogP contribution in [0.25, 0.3) is 34.4 Å². The van der Waals surface area contributed by atoms with E-state index in [4.69, 9.17) is 0 Å². The first-order chi connectivity index (χ1) is 18.0. The van der Waals surface area contributed by atoms with Gasteiger partial charge in [-0.05, 0) is 53.1 Å². The first-order valence-corrected chi connectivity index (χ1v) is 13.1. The van der Waals surface area contributed by atoms with Crippen molar-refractivity contribution in [1.29, 1.82) is 0 Å². The second-order valence-electron chi connectivity index (χ2n) is 9.50. The molecule has 37 heavy (non-hydrogen) atoms. The van der Waals surface area contributed by atoms with Gasteiger partial charge in [0.25, 0.3) is 0 Å². The summed E-state index contributed by atoms with van der Waals surface area (Å²) in [4.78, 5) is 0. The lowest BCUT2D eigenvalue weighted by molar-refractivity contribution is 0.514. The molecule has 0 saturated heterocycles.